The summed E-state index contributed by atoms with van der Waals surface area (Å²) in [4.78, 5) is 5.64. The number of nitrogens with one attached hydrogen (secondary N) is 2. The SMILES string of the molecule is CCCNc1nc(NCc2cc(Br)cs2)c(Cl)cc1Cl. The van der Waals surface area contributed by atoms with Crippen molar-refractivity contribution in [1.29, 1.82) is 0 Å². The first-order valence-corrected chi connectivity index (χ1v) is 8.59. The number of thiophene rings is 1. The van der Waals surface area contributed by atoms with Crippen molar-refractivity contribution in [3.8, 4) is 0 Å². The monoisotopic (exact) mass is 393 g/mol. The summed E-state index contributed by atoms with van der Waals surface area (Å²) in [5, 5.41) is 9.52. The summed E-state index contributed by atoms with van der Waals surface area (Å²) < 4.78 is 1.08. The van der Waals surface area contributed by atoms with Gasteiger partial charge in [0, 0.05) is 21.3 Å². The lowest BCUT2D eigenvalue weighted by Gasteiger charge is -2.11. The molecule has 0 amide bonds. The number of hydrogen-bond donors (Lipinski definition) is 2. The molecule has 0 spiro atoms. The van der Waals surface area contributed by atoms with Gasteiger partial charge >= 0.3 is 0 Å². The highest BCUT2D eigenvalue weighted by Crippen LogP contribution is 2.30. The number of hydrogen-bond acceptors (Lipinski definition) is 4. The number of rotatable bonds is 6. The third-order valence-electron chi connectivity index (χ3n) is 2.52. The molecule has 0 bridgehead atoms. The summed E-state index contributed by atoms with van der Waals surface area (Å²) in [5.41, 5.74) is 0. The summed E-state index contributed by atoms with van der Waals surface area (Å²) in [7, 11) is 0. The zero-order valence-corrected chi connectivity index (χ0v) is 14.8. The molecule has 0 aliphatic heterocycles. The van der Waals surface area contributed by atoms with E-state index in [1.54, 1.807) is 17.4 Å². The Kier molecular flexibility index (Phi) is 5.96. The summed E-state index contributed by atoms with van der Waals surface area (Å²) >= 11 is 17.4. The predicted octanol–water partition coefficient (Wildman–Crippen LogP) is 5.65. The highest BCUT2D eigenvalue weighted by Gasteiger charge is 2.09. The molecule has 0 radical (unpaired) electrons. The van der Waals surface area contributed by atoms with Gasteiger partial charge in [-0.15, -0.1) is 11.3 Å². The van der Waals surface area contributed by atoms with Crippen LogP contribution in [0.5, 0.6) is 0 Å². The molecular weight excluding hydrogens is 381 g/mol. The number of anilines is 2. The smallest absolute Gasteiger partial charge is 0.147 e. The third-order valence-corrected chi connectivity index (χ3v) is 4.80. The fourth-order valence-electron chi connectivity index (χ4n) is 1.58. The van der Waals surface area contributed by atoms with E-state index >= 15 is 0 Å². The first kappa shape index (κ1) is 15.9. The van der Waals surface area contributed by atoms with Crippen molar-refractivity contribution in [2.24, 2.45) is 0 Å². The first-order chi connectivity index (χ1) is 9.60. The van der Waals surface area contributed by atoms with Crippen LogP contribution in [0.4, 0.5) is 11.6 Å². The highest BCUT2D eigenvalue weighted by atomic mass is 79.9. The Morgan fingerprint density at radius 2 is 1.90 bits per heavy atom. The van der Waals surface area contributed by atoms with E-state index in [1.165, 1.54) is 4.88 Å². The molecule has 0 unspecified atom stereocenters. The lowest BCUT2D eigenvalue weighted by molar-refractivity contribution is 0.968. The fourth-order valence-corrected chi connectivity index (χ4v) is 3.46. The van der Waals surface area contributed by atoms with Crippen molar-refractivity contribution in [3.05, 3.63) is 36.9 Å². The van der Waals surface area contributed by atoms with Gasteiger partial charge < -0.3 is 10.6 Å². The molecule has 20 heavy (non-hydrogen) atoms. The molecule has 0 aromatic carbocycles. The van der Waals surface area contributed by atoms with E-state index in [-0.39, 0.29) is 0 Å². The summed E-state index contributed by atoms with van der Waals surface area (Å²) in [5.74, 6) is 1.30. The molecule has 0 saturated heterocycles. The standard InChI is InChI=1S/C13H14BrCl2N3S/c1-2-3-17-12-10(15)5-11(16)13(19-12)18-6-9-4-8(14)7-20-9/h4-5,7H,2-3,6H2,1H3,(H2,17,18,19). The Labute approximate surface area is 140 Å². The van der Waals surface area contributed by atoms with Crippen LogP contribution in [-0.2, 0) is 6.54 Å². The van der Waals surface area contributed by atoms with Crippen LogP contribution >= 0.6 is 50.5 Å². The van der Waals surface area contributed by atoms with Gasteiger partial charge in [0.25, 0.3) is 0 Å². The molecule has 0 aliphatic carbocycles. The van der Waals surface area contributed by atoms with Crippen molar-refractivity contribution < 1.29 is 0 Å². The van der Waals surface area contributed by atoms with Crippen molar-refractivity contribution in [2.45, 2.75) is 19.9 Å². The average Bonchev–Trinajstić information content (AvgIpc) is 2.82. The second-order valence-corrected chi connectivity index (χ2v) is 6.89. The van der Waals surface area contributed by atoms with Gasteiger partial charge in [0.1, 0.15) is 11.6 Å². The van der Waals surface area contributed by atoms with Gasteiger partial charge in [0.15, 0.2) is 0 Å². The van der Waals surface area contributed by atoms with Crippen LogP contribution in [0, 0.1) is 0 Å². The van der Waals surface area contributed by atoms with Crippen molar-refractivity contribution in [3.63, 3.8) is 0 Å². The Hall–Kier alpha value is -0.490. The van der Waals surface area contributed by atoms with E-state index in [4.69, 9.17) is 23.2 Å². The van der Waals surface area contributed by atoms with Gasteiger partial charge in [-0.25, -0.2) is 4.98 Å². The Morgan fingerprint density at radius 1 is 1.20 bits per heavy atom. The predicted molar refractivity (Wildman–Crippen MR) is 92.4 cm³/mol. The maximum Gasteiger partial charge on any atom is 0.147 e. The minimum Gasteiger partial charge on any atom is -0.369 e. The largest absolute Gasteiger partial charge is 0.369 e. The minimum absolute atomic E-state index is 0.521. The van der Waals surface area contributed by atoms with Gasteiger partial charge in [0.05, 0.1) is 16.6 Å². The number of aromatic nitrogens is 1. The van der Waals surface area contributed by atoms with Crippen LogP contribution in [0.2, 0.25) is 10.0 Å². The van der Waals surface area contributed by atoms with Crippen molar-refractivity contribution >= 4 is 62.1 Å². The van der Waals surface area contributed by atoms with E-state index in [1.807, 2.05) is 5.38 Å². The first-order valence-electron chi connectivity index (χ1n) is 6.17. The molecule has 0 atom stereocenters. The van der Waals surface area contributed by atoms with Crippen LogP contribution < -0.4 is 10.6 Å². The second-order valence-electron chi connectivity index (χ2n) is 4.16. The quantitative estimate of drug-likeness (QED) is 0.664. The molecule has 0 fully saturated rings. The molecule has 2 rings (SSSR count). The second kappa shape index (κ2) is 7.50. The lowest BCUT2D eigenvalue weighted by atomic mass is 10.4. The van der Waals surface area contributed by atoms with E-state index in [0.29, 0.717) is 28.2 Å². The maximum absolute atomic E-state index is 6.16. The molecule has 7 heteroatoms. The molecule has 0 saturated carbocycles. The van der Waals surface area contributed by atoms with Gasteiger partial charge in [-0.05, 0) is 34.5 Å². The van der Waals surface area contributed by atoms with Gasteiger partial charge in [-0.3, -0.25) is 0 Å². The molecular formula is C13H14BrCl2N3S. The molecule has 2 aromatic heterocycles. The van der Waals surface area contributed by atoms with E-state index in [9.17, 15) is 0 Å². The van der Waals surface area contributed by atoms with Gasteiger partial charge in [0.2, 0.25) is 0 Å². The highest BCUT2D eigenvalue weighted by molar-refractivity contribution is 9.10. The average molecular weight is 395 g/mol. The van der Waals surface area contributed by atoms with Crippen LogP contribution in [0.15, 0.2) is 22.0 Å². The molecule has 2 heterocycles. The van der Waals surface area contributed by atoms with Crippen molar-refractivity contribution in [1.82, 2.24) is 4.98 Å². The summed E-state index contributed by atoms with van der Waals surface area (Å²) in [6, 6.07) is 3.78. The number of pyridine rings is 1. The molecule has 2 aromatic rings. The van der Waals surface area contributed by atoms with E-state index in [2.05, 4.69) is 44.5 Å². The molecule has 0 aliphatic rings. The van der Waals surface area contributed by atoms with Crippen LogP contribution in [0.1, 0.15) is 18.2 Å². The topological polar surface area (TPSA) is 37.0 Å². The van der Waals surface area contributed by atoms with Crippen molar-refractivity contribution in [2.75, 3.05) is 17.2 Å². The number of nitrogens with zero attached hydrogens (tertiary/aromatic N) is 1. The zero-order chi connectivity index (χ0) is 14.5. The Balaban J connectivity index is 2.09. The van der Waals surface area contributed by atoms with E-state index in [0.717, 1.165) is 17.4 Å². The van der Waals surface area contributed by atoms with Crippen LogP contribution in [-0.4, -0.2) is 11.5 Å². The minimum atomic E-state index is 0.521. The summed E-state index contributed by atoms with van der Waals surface area (Å²) in [6.07, 6.45) is 1.01. The normalized spacial score (nSPS) is 10.6. The maximum atomic E-state index is 6.16. The fraction of sp³-hybridized carbons (Fsp3) is 0.308. The Morgan fingerprint density at radius 3 is 2.50 bits per heavy atom. The Bertz CT molecular complexity index is 589. The van der Waals surface area contributed by atoms with Gasteiger partial charge in [-0.2, -0.15) is 0 Å². The molecule has 2 N–H and O–H groups in total. The summed E-state index contributed by atoms with van der Waals surface area (Å²) in [6.45, 7) is 3.59. The van der Waals surface area contributed by atoms with Crippen LogP contribution in [0.3, 0.4) is 0 Å². The van der Waals surface area contributed by atoms with Gasteiger partial charge in [-0.1, -0.05) is 30.1 Å². The number of halogens is 3. The molecule has 3 nitrogen and oxygen atoms in total. The van der Waals surface area contributed by atoms with Crippen LogP contribution in [0.25, 0.3) is 0 Å². The third kappa shape index (κ3) is 4.25. The molecule has 108 valence electrons. The lowest BCUT2D eigenvalue weighted by Crippen LogP contribution is -2.06. The van der Waals surface area contributed by atoms with E-state index < -0.39 is 0 Å². The zero-order valence-electron chi connectivity index (χ0n) is 10.8.